The summed E-state index contributed by atoms with van der Waals surface area (Å²) in [6, 6.07) is 2.16. The first-order valence-electron chi connectivity index (χ1n) is 5.63. The van der Waals surface area contributed by atoms with E-state index in [1.807, 2.05) is 0 Å². The summed E-state index contributed by atoms with van der Waals surface area (Å²) < 4.78 is 5.59. The number of nitrogens with zero attached hydrogens (tertiary/aromatic N) is 1. The molecule has 14 heavy (non-hydrogen) atoms. The van der Waals surface area contributed by atoms with Crippen LogP contribution >= 0.6 is 0 Å². The lowest BCUT2D eigenvalue weighted by molar-refractivity contribution is 0.0170. The Labute approximate surface area is 86.4 Å². The quantitative estimate of drug-likeness (QED) is 0.659. The Morgan fingerprint density at radius 2 is 2.29 bits per heavy atom. The van der Waals surface area contributed by atoms with E-state index in [0.717, 1.165) is 32.5 Å². The summed E-state index contributed by atoms with van der Waals surface area (Å²) in [6.45, 7) is 2.93. The van der Waals surface area contributed by atoms with Crippen molar-refractivity contribution in [3.8, 4) is 6.07 Å². The van der Waals surface area contributed by atoms with Gasteiger partial charge in [0.05, 0.1) is 12.2 Å². The maximum atomic E-state index is 8.34. The Morgan fingerprint density at radius 1 is 1.36 bits per heavy atom. The van der Waals surface area contributed by atoms with E-state index >= 15 is 0 Å². The lowest BCUT2D eigenvalue weighted by Crippen LogP contribution is -2.32. The second-order valence-corrected chi connectivity index (χ2v) is 3.81. The zero-order valence-electron chi connectivity index (χ0n) is 8.80. The Bertz CT molecular complexity index is 171. The van der Waals surface area contributed by atoms with Crippen LogP contribution in [0.25, 0.3) is 0 Å². The molecular weight excluding hydrogens is 176 g/mol. The number of ether oxygens (including phenoxy) is 1. The number of nitriles is 1. The molecule has 0 saturated carbocycles. The van der Waals surface area contributed by atoms with Gasteiger partial charge in [0.25, 0.3) is 0 Å². The molecule has 1 atom stereocenters. The monoisotopic (exact) mass is 196 g/mol. The zero-order valence-corrected chi connectivity index (χ0v) is 8.80. The van der Waals surface area contributed by atoms with E-state index in [4.69, 9.17) is 10.00 Å². The number of hydrogen-bond donors (Lipinski definition) is 1. The molecule has 80 valence electrons. The molecule has 1 N–H and O–H groups in total. The largest absolute Gasteiger partial charge is 0.377 e. The number of unbranched alkanes of at least 4 members (excludes halogenated alkanes) is 2. The van der Waals surface area contributed by atoms with Gasteiger partial charge in [-0.25, -0.2) is 0 Å². The molecule has 0 aromatic carbocycles. The van der Waals surface area contributed by atoms with Gasteiger partial charge in [-0.15, -0.1) is 0 Å². The molecule has 1 saturated heterocycles. The van der Waals surface area contributed by atoms with E-state index in [9.17, 15) is 0 Å². The van der Waals surface area contributed by atoms with Crippen molar-refractivity contribution in [2.75, 3.05) is 19.7 Å². The molecule has 0 aromatic heterocycles. The molecule has 1 aliphatic rings. The van der Waals surface area contributed by atoms with Crippen molar-refractivity contribution in [2.45, 2.75) is 44.6 Å². The van der Waals surface area contributed by atoms with E-state index in [0.29, 0.717) is 12.5 Å². The van der Waals surface area contributed by atoms with Crippen LogP contribution in [0, 0.1) is 11.3 Å². The van der Waals surface area contributed by atoms with Crippen LogP contribution in [0.5, 0.6) is 0 Å². The molecule has 3 heteroatoms. The maximum absolute atomic E-state index is 8.34. The highest BCUT2D eigenvalue weighted by atomic mass is 16.5. The molecule has 1 heterocycles. The van der Waals surface area contributed by atoms with Gasteiger partial charge in [0.15, 0.2) is 0 Å². The van der Waals surface area contributed by atoms with E-state index in [2.05, 4.69) is 11.4 Å². The van der Waals surface area contributed by atoms with Gasteiger partial charge in [-0.05, 0) is 38.6 Å². The highest BCUT2D eigenvalue weighted by Gasteiger charge is 2.12. The van der Waals surface area contributed by atoms with E-state index in [1.54, 1.807) is 0 Å². The van der Waals surface area contributed by atoms with Crippen molar-refractivity contribution in [1.29, 1.82) is 5.26 Å². The third-order valence-electron chi connectivity index (χ3n) is 2.54. The van der Waals surface area contributed by atoms with Crippen LogP contribution in [-0.2, 0) is 4.74 Å². The van der Waals surface area contributed by atoms with Crippen LogP contribution in [0.3, 0.4) is 0 Å². The normalized spacial score (nSPS) is 21.8. The Kier molecular flexibility index (Phi) is 6.38. The third-order valence-corrected chi connectivity index (χ3v) is 2.54. The van der Waals surface area contributed by atoms with Gasteiger partial charge in [-0.3, -0.25) is 0 Å². The second-order valence-electron chi connectivity index (χ2n) is 3.81. The number of rotatable bonds is 6. The predicted molar refractivity (Wildman–Crippen MR) is 55.9 cm³/mol. The van der Waals surface area contributed by atoms with Gasteiger partial charge >= 0.3 is 0 Å². The number of hydrogen-bond acceptors (Lipinski definition) is 3. The van der Waals surface area contributed by atoms with Crippen LogP contribution in [0.1, 0.15) is 38.5 Å². The first-order chi connectivity index (χ1) is 6.93. The van der Waals surface area contributed by atoms with E-state index in [1.165, 1.54) is 19.3 Å². The average molecular weight is 196 g/mol. The molecule has 0 radical (unpaired) electrons. The SMILES string of the molecule is N#CCCCCNCC1CCCCO1. The molecule has 1 aliphatic heterocycles. The predicted octanol–water partition coefficient (Wildman–Crippen LogP) is 1.84. The van der Waals surface area contributed by atoms with Gasteiger partial charge in [-0.2, -0.15) is 5.26 Å². The summed E-state index contributed by atoms with van der Waals surface area (Å²) in [5, 5.41) is 11.7. The second kappa shape index (κ2) is 7.78. The van der Waals surface area contributed by atoms with E-state index in [-0.39, 0.29) is 0 Å². The standard InChI is InChI=1S/C11H20N2O/c12-7-3-1-4-8-13-10-11-6-2-5-9-14-11/h11,13H,1-6,8-10H2. The van der Waals surface area contributed by atoms with Crippen molar-refractivity contribution >= 4 is 0 Å². The van der Waals surface area contributed by atoms with Crippen LogP contribution in [-0.4, -0.2) is 25.8 Å². The lowest BCUT2D eigenvalue weighted by atomic mass is 10.1. The highest BCUT2D eigenvalue weighted by Crippen LogP contribution is 2.11. The first kappa shape index (κ1) is 11.5. The lowest BCUT2D eigenvalue weighted by Gasteiger charge is -2.22. The molecule has 0 aromatic rings. The zero-order chi connectivity index (χ0) is 10.1. The molecule has 0 aliphatic carbocycles. The fourth-order valence-electron chi connectivity index (χ4n) is 1.69. The van der Waals surface area contributed by atoms with Crippen LogP contribution in [0.2, 0.25) is 0 Å². The maximum Gasteiger partial charge on any atom is 0.0699 e. The molecule has 0 amide bonds. The number of nitrogens with one attached hydrogen (secondary N) is 1. The summed E-state index contributed by atoms with van der Waals surface area (Å²) in [7, 11) is 0. The minimum atomic E-state index is 0.430. The smallest absolute Gasteiger partial charge is 0.0699 e. The Hall–Kier alpha value is -0.590. The van der Waals surface area contributed by atoms with Gasteiger partial charge in [0, 0.05) is 19.6 Å². The fourth-order valence-corrected chi connectivity index (χ4v) is 1.69. The van der Waals surface area contributed by atoms with Gasteiger partial charge < -0.3 is 10.1 Å². The third kappa shape index (κ3) is 5.21. The Morgan fingerprint density at radius 3 is 3.00 bits per heavy atom. The van der Waals surface area contributed by atoms with Crippen molar-refractivity contribution < 1.29 is 4.74 Å². The summed E-state index contributed by atoms with van der Waals surface area (Å²) in [4.78, 5) is 0. The van der Waals surface area contributed by atoms with Crippen molar-refractivity contribution in [1.82, 2.24) is 5.32 Å². The average Bonchev–Trinajstić information content (AvgIpc) is 2.25. The van der Waals surface area contributed by atoms with Crippen LogP contribution in [0.15, 0.2) is 0 Å². The van der Waals surface area contributed by atoms with E-state index < -0.39 is 0 Å². The van der Waals surface area contributed by atoms with Crippen LogP contribution < -0.4 is 5.32 Å². The minimum Gasteiger partial charge on any atom is -0.377 e. The summed E-state index contributed by atoms with van der Waals surface area (Å²) in [6.07, 6.45) is 6.95. The molecule has 3 nitrogen and oxygen atoms in total. The van der Waals surface area contributed by atoms with Gasteiger partial charge in [-0.1, -0.05) is 0 Å². The molecule has 1 unspecified atom stereocenters. The summed E-state index contributed by atoms with van der Waals surface area (Å²) >= 11 is 0. The van der Waals surface area contributed by atoms with Gasteiger partial charge in [0.1, 0.15) is 0 Å². The topological polar surface area (TPSA) is 45.0 Å². The highest BCUT2D eigenvalue weighted by molar-refractivity contribution is 4.69. The molecule has 0 bridgehead atoms. The fraction of sp³-hybridized carbons (Fsp3) is 0.909. The van der Waals surface area contributed by atoms with Gasteiger partial charge in [0.2, 0.25) is 0 Å². The van der Waals surface area contributed by atoms with Crippen molar-refractivity contribution in [2.24, 2.45) is 0 Å². The van der Waals surface area contributed by atoms with Crippen molar-refractivity contribution in [3.05, 3.63) is 0 Å². The Balaban J connectivity index is 1.85. The first-order valence-corrected chi connectivity index (χ1v) is 5.63. The molecule has 0 spiro atoms. The molecule has 1 rings (SSSR count). The minimum absolute atomic E-state index is 0.430. The molecular formula is C11H20N2O. The van der Waals surface area contributed by atoms with Crippen LogP contribution in [0.4, 0.5) is 0 Å². The summed E-state index contributed by atoms with van der Waals surface area (Å²) in [5.74, 6) is 0. The summed E-state index contributed by atoms with van der Waals surface area (Å²) in [5.41, 5.74) is 0. The molecule has 1 fully saturated rings. The van der Waals surface area contributed by atoms with Crippen molar-refractivity contribution in [3.63, 3.8) is 0 Å².